The van der Waals surface area contributed by atoms with Gasteiger partial charge < -0.3 is 13.9 Å². The fourth-order valence-corrected chi connectivity index (χ4v) is 9.79. The maximum atomic E-state index is 6.45. The van der Waals surface area contributed by atoms with E-state index in [1.54, 1.807) is 0 Å². The average Bonchev–Trinajstić information content (AvgIpc) is 3.89. The van der Waals surface area contributed by atoms with Crippen molar-refractivity contribution in [2.24, 2.45) is 0 Å². The van der Waals surface area contributed by atoms with Crippen molar-refractivity contribution in [3.63, 3.8) is 0 Å². The maximum absolute atomic E-state index is 6.45. The van der Waals surface area contributed by atoms with E-state index in [-0.39, 0.29) is 5.41 Å². The Bertz CT molecular complexity index is 3380. The van der Waals surface area contributed by atoms with E-state index in [2.05, 4.69) is 205 Å². The van der Waals surface area contributed by atoms with Crippen LogP contribution in [0, 0.1) is 0 Å². The molecule has 0 N–H and O–H groups in total. The lowest BCUT2D eigenvalue weighted by Gasteiger charge is -2.29. The number of fused-ring (bicyclic) bond motifs is 10. The third-order valence-corrected chi connectivity index (χ3v) is 12.6. The fourth-order valence-electron chi connectivity index (χ4n) is 9.79. The Morgan fingerprint density at radius 3 is 1.81 bits per heavy atom. The molecule has 0 aliphatic heterocycles. The van der Waals surface area contributed by atoms with Gasteiger partial charge in [0, 0.05) is 55.0 Å². The molecular weight excluding hydrogens is 705 g/mol. The minimum atomic E-state index is -0.227. The summed E-state index contributed by atoms with van der Waals surface area (Å²) in [5.74, 6) is 0. The number of para-hydroxylation sites is 4. The van der Waals surface area contributed by atoms with Crippen molar-refractivity contribution in [3.05, 3.63) is 205 Å². The Labute approximate surface area is 336 Å². The quantitative estimate of drug-likeness (QED) is 0.175. The van der Waals surface area contributed by atoms with Crippen LogP contribution in [0.1, 0.15) is 25.0 Å². The van der Waals surface area contributed by atoms with Crippen LogP contribution in [-0.2, 0) is 5.41 Å². The number of benzene rings is 9. The molecule has 0 radical (unpaired) electrons. The van der Waals surface area contributed by atoms with Gasteiger partial charge in [0.05, 0.1) is 16.7 Å². The van der Waals surface area contributed by atoms with Gasteiger partial charge in [-0.1, -0.05) is 147 Å². The molecule has 0 bridgehead atoms. The van der Waals surface area contributed by atoms with Crippen LogP contribution in [0.2, 0.25) is 0 Å². The Balaban J connectivity index is 0.991. The van der Waals surface area contributed by atoms with Gasteiger partial charge in [0.1, 0.15) is 11.2 Å². The normalized spacial score (nSPS) is 13.1. The monoisotopic (exact) mass is 742 g/mol. The molecular formula is C55H38N2O. The van der Waals surface area contributed by atoms with Crippen molar-refractivity contribution in [1.82, 2.24) is 4.57 Å². The maximum Gasteiger partial charge on any atom is 0.143 e. The van der Waals surface area contributed by atoms with Crippen LogP contribution in [0.4, 0.5) is 17.1 Å². The summed E-state index contributed by atoms with van der Waals surface area (Å²) >= 11 is 0. The molecule has 0 spiro atoms. The number of hydrogen-bond donors (Lipinski definition) is 0. The van der Waals surface area contributed by atoms with E-state index in [1.807, 2.05) is 12.1 Å². The van der Waals surface area contributed by atoms with Gasteiger partial charge in [-0.25, -0.2) is 0 Å². The molecule has 3 nitrogen and oxygen atoms in total. The van der Waals surface area contributed by atoms with Crippen LogP contribution >= 0.6 is 0 Å². The van der Waals surface area contributed by atoms with Crippen molar-refractivity contribution in [3.8, 4) is 27.9 Å². The number of nitrogens with zero attached hydrogens (tertiary/aromatic N) is 2. The molecule has 1 aliphatic rings. The van der Waals surface area contributed by atoms with Crippen LogP contribution in [0.3, 0.4) is 0 Å². The minimum absolute atomic E-state index is 0.227. The largest absolute Gasteiger partial charge is 0.455 e. The van der Waals surface area contributed by atoms with Gasteiger partial charge in [-0.2, -0.15) is 0 Å². The highest BCUT2D eigenvalue weighted by Crippen LogP contribution is 2.52. The predicted octanol–water partition coefficient (Wildman–Crippen LogP) is 15.3. The summed E-state index contributed by atoms with van der Waals surface area (Å²) in [6.45, 7) is 4.76. The van der Waals surface area contributed by atoms with E-state index in [0.29, 0.717) is 0 Å². The first kappa shape index (κ1) is 32.8. The number of hydrogen-bond acceptors (Lipinski definition) is 2. The van der Waals surface area contributed by atoms with Crippen LogP contribution in [-0.4, -0.2) is 4.57 Å². The lowest BCUT2D eigenvalue weighted by molar-refractivity contribution is 0.660. The number of rotatable bonds is 5. The summed E-state index contributed by atoms with van der Waals surface area (Å²) in [6, 6.07) is 70.7. The lowest BCUT2D eigenvalue weighted by atomic mass is 9.82. The molecule has 274 valence electrons. The van der Waals surface area contributed by atoms with Crippen molar-refractivity contribution < 1.29 is 4.42 Å². The average molecular weight is 743 g/mol. The first-order valence-corrected chi connectivity index (χ1v) is 20.1. The van der Waals surface area contributed by atoms with Crippen molar-refractivity contribution in [2.75, 3.05) is 4.90 Å². The van der Waals surface area contributed by atoms with E-state index in [0.717, 1.165) is 50.1 Å². The standard InChI is InChI=1S/C55H38N2O/c1-55(2)48-33-38(29-31-42(48)43-32-30-39(34-49(43)55)57-51-21-8-5-16-44(51)45-17-6-9-22-52(45)57)56(50-23-11-14-35-13-3-4-15-40(35)50)37-27-25-36(26-28-37)41-19-12-20-47-46-18-7-10-24-53(46)58-54(41)47/h3-34H,1-2H3. The molecule has 58 heavy (non-hydrogen) atoms. The Kier molecular flexibility index (Phi) is 6.98. The molecule has 3 heteroatoms. The van der Waals surface area contributed by atoms with Crippen molar-refractivity contribution in [2.45, 2.75) is 19.3 Å². The lowest BCUT2D eigenvalue weighted by Crippen LogP contribution is -2.17. The highest BCUT2D eigenvalue weighted by Gasteiger charge is 2.36. The summed E-state index contributed by atoms with van der Waals surface area (Å²) in [6.07, 6.45) is 0. The van der Waals surface area contributed by atoms with Crippen LogP contribution in [0.15, 0.2) is 199 Å². The Morgan fingerprint density at radius 1 is 0.448 bits per heavy atom. The molecule has 2 heterocycles. The molecule has 0 fully saturated rings. The van der Waals surface area contributed by atoms with Gasteiger partial charge in [0.25, 0.3) is 0 Å². The first-order valence-electron chi connectivity index (χ1n) is 20.1. The fraction of sp³-hybridized carbons (Fsp3) is 0.0545. The molecule has 0 saturated carbocycles. The molecule has 11 aromatic rings. The van der Waals surface area contributed by atoms with Crippen LogP contribution < -0.4 is 4.90 Å². The highest BCUT2D eigenvalue weighted by molar-refractivity contribution is 6.10. The third kappa shape index (κ3) is 4.74. The molecule has 1 aliphatic carbocycles. The van der Waals surface area contributed by atoms with E-state index in [9.17, 15) is 0 Å². The SMILES string of the molecule is CC1(C)c2cc(N(c3ccc(-c4cccc5c4oc4ccccc45)cc3)c3cccc4ccccc34)ccc2-c2ccc(-n3c4ccccc4c4ccccc43)cc21. The second kappa shape index (κ2) is 12.3. The Hall–Kier alpha value is -7.36. The van der Waals surface area contributed by atoms with Crippen molar-refractivity contribution in [1.29, 1.82) is 0 Å². The van der Waals surface area contributed by atoms with Crippen LogP contribution in [0.25, 0.3) is 82.5 Å². The Morgan fingerprint density at radius 2 is 1.03 bits per heavy atom. The topological polar surface area (TPSA) is 21.3 Å². The van der Waals surface area contributed by atoms with Gasteiger partial charge in [-0.15, -0.1) is 0 Å². The second-order valence-electron chi connectivity index (χ2n) is 16.1. The van der Waals surface area contributed by atoms with Crippen LogP contribution in [0.5, 0.6) is 0 Å². The summed E-state index contributed by atoms with van der Waals surface area (Å²) < 4.78 is 8.87. The summed E-state index contributed by atoms with van der Waals surface area (Å²) in [5.41, 5.74) is 16.1. The van der Waals surface area contributed by atoms with Gasteiger partial charge in [-0.3, -0.25) is 0 Å². The summed E-state index contributed by atoms with van der Waals surface area (Å²) in [7, 11) is 0. The zero-order chi connectivity index (χ0) is 38.5. The van der Waals surface area contributed by atoms with Gasteiger partial charge >= 0.3 is 0 Å². The van der Waals surface area contributed by atoms with Gasteiger partial charge in [-0.05, 0) is 93.9 Å². The number of anilines is 3. The zero-order valence-electron chi connectivity index (χ0n) is 32.3. The summed E-state index contributed by atoms with van der Waals surface area (Å²) in [4.78, 5) is 2.43. The molecule has 0 unspecified atom stereocenters. The summed E-state index contributed by atoms with van der Waals surface area (Å²) in [5, 5.41) is 7.25. The molecule has 9 aromatic carbocycles. The third-order valence-electron chi connectivity index (χ3n) is 12.6. The number of furan rings is 1. The smallest absolute Gasteiger partial charge is 0.143 e. The molecule has 0 saturated heterocycles. The molecule has 0 atom stereocenters. The van der Waals surface area contributed by atoms with E-state index in [4.69, 9.17) is 4.42 Å². The predicted molar refractivity (Wildman–Crippen MR) is 243 cm³/mol. The second-order valence-corrected chi connectivity index (χ2v) is 16.1. The van der Waals surface area contributed by atoms with E-state index >= 15 is 0 Å². The first-order chi connectivity index (χ1) is 28.5. The molecule has 12 rings (SSSR count). The molecule has 0 amide bonds. The van der Waals surface area contributed by atoms with Crippen molar-refractivity contribution >= 4 is 71.6 Å². The minimum Gasteiger partial charge on any atom is -0.455 e. The molecule has 2 aromatic heterocycles. The zero-order valence-corrected chi connectivity index (χ0v) is 32.3. The number of aromatic nitrogens is 1. The van der Waals surface area contributed by atoms with Gasteiger partial charge in [0.2, 0.25) is 0 Å². The van der Waals surface area contributed by atoms with E-state index in [1.165, 1.54) is 60.5 Å². The highest BCUT2D eigenvalue weighted by atomic mass is 16.3. The van der Waals surface area contributed by atoms with E-state index < -0.39 is 0 Å². The van der Waals surface area contributed by atoms with Gasteiger partial charge in [0.15, 0.2) is 0 Å².